The summed E-state index contributed by atoms with van der Waals surface area (Å²) < 4.78 is 7.47. The van der Waals surface area contributed by atoms with E-state index in [1.54, 1.807) is 0 Å². The average molecular weight is 380 g/mol. The molecule has 2 aromatic heterocycles. The van der Waals surface area contributed by atoms with Crippen LogP contribution >= 0.6 is 0 Å². The molecule has 0 amide bonds. The number of hydrogen-bond acceptors (Lipinski definition) is 6. The lowest BCUT2D eigenvalue weighted by molar-refractivity contribution is 0.0844. The SMILES string of the molecule is Cc1ccc(-c2noc(C(C)N3CCN(Cc4cn(C)nc4C)CC3)n2)cc1. The molecule has 0 saturated carbocycles. The zero-order chi connectivity index (χ0) is 19.7. The minimum atomic E-state index is 0.119. The van der Waals surface area contributed by atoms with Crippen LogP contribution in [-0.2, 0) is 13.6 Å². The van der Waals surface area contributed by atoms with E-state index in [2.05, 4.69) is 64.1 Å². The summed E-state index contributed by atoms with van der Waals surface area (Å²) in [6, 6.07) is 8.33. The Morgan fingerprint density at radius 3 is 2.43 bits per heavy atom. The highest BCUT2D eigenvalue weighted by atomic mass is 16.5. The number of aryl methyl sites for hydroxylation is 3. The van der Waals surface area contributed by atoms with E-state index in [4.69, 9.17) is 4.52 Å². The van der Waals surface area contributed by atoms with Gasteiger partial charge in [0.25, 0.3) is 0 Å². The molecular weight excluding hydrogens is 352 g/mol. The van der Waals surface area contributed by atoms with E-state index in [1.807, 2.05) is 23.9 Å². The Morgan fingerprint density at radius 1 is 1.07 bits per heavy atom. The molecule has 7 nitrogen and oxygen atoms in total. The molecule has 7 heteroatoms. The van der Waals surface area contributed by atoms with Gasteiger partial charge in [-0.15, -0.1) is 0 Å². The molecule has 28 heavy (non-hydrogen) atoms. The molecule has 1 aliphatic heterocycles. The number of benzene rings is 1. The normalized spacial score (nSPS) is 17.1. The molecule has 1 aromatic carbocycles. The van der Waals surface area contributed by atoms with Crippen molar-refractivity contribution in [2.24, 2.45) is 7.05 Å². The van der Waals surface area contributed by atoms with Crippen molar-refractivity contribution < 1.29 is 4.52 Å². The lowest BCUT2D eigenvalue weighted by atomic mass is 10.1. The second kappa shape index (κ2) is 7.85. The average Bonchev–Trinajstić information content (AvgIpc) is 3.29. The Kier molecular flexibility index (Phi) is 5.28. The maximum absolute atomic E-state index is 5.58. The van der Waals surface area contributed by atoms with Crippen molar-refractivity contribution >= 4 is 0 Å². The molecule has 1 atom stereocenters. The number of hydrogen-bond donors (Lipinski definition) is 0. The third-order valence-electron chi connectivity index (χ3n) is 5.57. The molecule has 0 N–H and O–H groups in total. The lowest BCUT2D eigenvalue weighted by Gasteiger charge is -2.36. The Hall–Kier alpha value is -2.51. The quantitative estimate of drug-likeness (QED) is 0.678. The third-order valence-corrected chi connectivity index (χ3v) is 5.57. The molecule has 1 unspecified atom stereocenters. The predicted octanol–water partition coefficient (Wildman–Crippen LogP) is 2.97. The number of rotatable bonds is 5. The fourth-order valence-corrected chi connectivity index (χ4v) is 3.73. The second-order valence-corrected chi connectivity index (χ2v) is 7.72. The molecular formula is C21H28N6O. The van der Waals surface area contributed by atoms with Crippen LogP contribution in [0.1, 0.15) is 35.7 Å². The molecule has 0 aliphatic carbocycles. The number of nitrogens with zero attached hydrogens (tertiary/aromatic N) is 6. The van der Waals surface area contributed by atoms with Crippen molar-refractivity contribution in [1.29, 1.82) is 0 Å². The molecule has 1 aliphatic rings. The van der Waals surface area contributed by atoms with E-state index in [0.29, 0.717) is 11.7 Å². The first-order valence-electron chi connectivity index (χ1n) is 9.86. The Bertz CT molecular complexity index is 921. The van der Waals surface area contributed by atoms with Gasteiger partial charge in [0.05, 0.1) is 11.7 Å². The summed E-state index contributed by atoms with van der Waals surface area (Å²) in [5, 5.41) is 8.63. The topological polar surface area (TPSA) is 63.2 Å². The van der Waals surface area contributed by atoms with Crippen LogP contribution in [0, 0.1) is 13.8 Å². The van der Waals surface area contributed by atoms with Crippen molar-refractivity contribution in [3.63, 3.8) is 0 Å². The Balaban J connectivity index is 1.35. The molecule has 1 saturated heterocycles. The van der Waals surface area contributed by atoms with Gasteiger partial charge in [-0.05, 0) is 20.8 Å². The van der Waals surface area contributed by atoms with E-state index < -0.39 is 0 Å². The summed E-state index contributed by atoms with van der Waals surface area (Å²) in [6.45, 7) is 11.3. The van der Waals surface area contributed by atoms with E-state index in [0.717, 1.165) is 44.0 Å². The summed E-state index contributed by atoms with van der Waals surface area (Å²) in [6.07, 6.45) is 2.12. The monoisotopic (exact) mass is 380 g/mol. The van der Waals surface area contributed by atoms with Gasteiger partial charge in [0, 0.05) is 57.1 Å². The zero-order valence-corrected chi connectivity index (χ0v) is 17.1. The summed E-state index contributed by atoms with van der Waals surface area (Å²) >= 11 is 0. The molecule has 1 fully saturated rings. The molecule has 3 heterocycles. The van der Waals surface area contributed by atoms with Crippen LogP contribution in [0.4, 0.5) is 0 Å². The second-order valence-electron chi connectivity index (χ2n) is 7.72. The van der Waals surface area contributed by atoms with Crippen molar-refractivity contribution in [3.05, 3.63) is 53.2 Å². The van der Waals surface area contributed by atoms with Gasteiger partial charge in [-0.3, -0.25) is 14.5 Å². The van der Waals surface area contributed by atoms with Gasteiger partial charge in [0.1, 0.15) is 0 Å². The summed E-state index contributed by atoms with van der Waals surface area (Å²) in [4.78, 5) is 9.54. The van der Waals surface area contributed by atoms with Gasteiger partial charge in [0.2, 0.25) is 11.7 Å². The van der Waals surface area contributed by atoms with Crippen LogP contribution in [0.2, 0.25) is 0 Å². The largest absolute Gasteiger partial charge is 0.337 e. The van der Waals surface area contributed by atoms with Crippen LogP contribution in [0.15, 0.2) is 35.0 Å². The molecule has 148 valence electrons. The first kappa shape index (κ1) is 18.8. The fourth-order valence-electron chi connectivity index (χ4n) is 3.73. The van der Waals surface area contributed by atoms with Crippen LogP contribution in [-0.4, -0.2) is 55.9 Å². The molecule has 0 bridgehead atoms. The van der Waals surface area contributed by atoms with Crippen molar-refractivity contribution in [2.45, 2.75) is 33.4 Å². The third kappa shape index (κ3) is 4.00. The van der Waals surface area contributed by atoms with E-state index in [9.17, 15) is 0 Å². The van der Waals surface area contributed by atoms with E-state index >= 15 is 0 Å². The lowest BCUT2D eigenvalue weighted by Crippen LogP contribution is -2.46. The van der Waals surface area contributed by atoms with Crippen LogP contribution in [0.3, 0.4) is 0 Å². The highest BCUT2D eigenvalue weighted by molar-refractivity contribution is 5.54. The van der Waals surface area contributed by atoms with Gasteiger partial charge in [-0.25, -0.2) is 0 Å². The standard InChI is InChI=1S/C21H28N6O/c1-15-5-7-18(8-6-15)20-22-21(28-24-20)17(3)27-11-9-26(10-12-27)14-19-13-25(4)23-16(19)2/h5-8,13,17H,9-12,14H2,1-4H3. The first-order chi connectivity index (χ1) is 13.5. The van der Waals surface area contributed by atoms with Gasteiger partial charge in [-0.2, -0.15) is 10.1 Å². The van der Waals surface area contributed by atoms with Crippen LogP contribution in [0.5, 0.6) is 0 Å². The highest BCUT2D eigenvalue weighted by Gasteiger charge is 2.26. The summed E-state index contributed by atoms with van der Waals surface area (Å²) in [5.74, 6) is 1.35. The van der Waals surface area contributed by atoms with Crippen molar-refractivity contribution in [1.82, 2.24) is 29.7 Å². The Labute approximate surface area is 166 Å². The predicted molar refractivity (Wildman–Crippen MR) is 108 cm³/mol. The highest BCUT2D eigenvalue weighted by Crippen LogP contribution is 2.24. The smallest absolute Gasteiger partial charge is 0.244 e. The molecule has 0 radical (unpaired) electrons. The summed E-state index contributed by atoms with van der Waals surface area (Å²) in [7, 11) is 1.98. The zero-order valence-electron chi connectivity index (χ0n) is 17.1. The maximum Gasteiger partial charge on any atom is 0.244 e. The minimum Gasteiger partial charge on any atom is -0.337 e. The number of piperazine rings is 1. The van der Waals surface area contributed by atoms with Crippen LogP contribution in [0.25, 0.3) is 11.4 Å². The van der Waals surface area contributed by atoms with Crippen molar-refractivity contribution in [2.75, 3.05) is 26.2 Å². The van der Waals surface area contributed by atoms with Gasteiger partial charge >= 0.3 is 0 Å². The van der Waals surface area contributed by atoms with Crippen LogP contribution < -0.4 is 0 Å². The van der Waals surface area contributed by atoms with Gasteiger partial charge in [0.15, 0.2) is 0 Å². The fraction of sp³-hybridized carbons (Fsp3) is 0.476. The summed E-state index contributed by atoms with van der Waals surface area (Å²) in [5.41, 5.74) is 4.64. The number of aromatic nitrogens is 4. The molecule has 3 aromatic rings. The van der Waals surface area contributed by atoms with E-state index in [1.165, 1.54) is 11.1 Å². The first-order valence-corrected chi connectivity index (χ1v) is 9.86. The van der Waals surface area contributed by atoms with Gasteiger partial charge in [-0.1, -0.05) is 35.0 Å². The molecule has 4 rings (SSSR count). The van der Waals surface area contributed by atoms with Crippen molar-refractivity contribution in [3.8, 4) is 11.4 Å². The van der Waals surface area contributed by atoms with E-state index in [-0.39, 0.29) is 6.04 Å². The van der Waals surface area contributed by atoms with Gasteiger partial charge < -0.3 is 4.52 Å². The Morgan fingerprint density at radius 2 is 1.79 bits per heavy atom. The minimum absolute atomic E-state index is 0.119. The maximum atomic E-state index is 5.58. The molecule has 0 spiro atoms.